The molecule has 2 aromatic heterocycles. The molecular formula is C17H18N4O3S. The van der Waals surface area contributed by atoms with Gasteiger partial charge in [0.15, 0.2) is 15.5 Å². The predicted octanol–water partition coefficient (Wildman–Crippen LogP) is 1.31. The Kier molecular flexibility index (Phi) is 3.72. The van der Waals surface area contributed by atoms with E-state index in [0.717, 1.165) is 11.1 Å². The topological polar surface area (TPSA) is 86.8 Å². The molecule has 0 radical (unpaired) electrons. The van der Waals surface area contributed by atoms with Crippen LogP contribution in [-0.4, -0.2) is 39.3 Å². The van der Waals surface area contributed by atoms with E-state index in [1.54, 1.807) is 9.25 Å². The molecule has 3 aromatic rings. The fourth-order valence-electron chi connectivity index (χ4n) is 3.21. The summed E-state index contributed by atoms with van der Waals surface area (Å²) in [4.78, 5) is 17.1. The summed E-state index contributed by atoms with van der Waals surface area (Å²) in [5.74, 6) is 0.210. The Labute approximate surface area is 144 Å². The Bertz CT molecular complexity index is 1100. The number of sulfone groups is 1. The number of benzene rings is 1. The van der Waals surface area contributed by atoms with Crippen LogP contribution >= 0.6 is 0 Å². The van der Waals surface area contributed by atoms with E-state index in [4.69, 9.17) is 0 Å². The SMILES string of the molecule is Cc1ccc(Cn2cnc3c(cnn3C3CCS(=O)(=O)C3)c2=O)cc1. The van der Waals surface area contributed by atoms with Crippen molar-refractivity contribution in [3.8, 4) is 0 Å². The second-order valence-corrected chi connectivity index (χ2v) is 8.78. The zero-order valence-electron chi connectivity index (χ0n) is 13.8. The average molecular weight is 358 g/mol. The summed E-state index contributed by atoms with van der Waals surface area (Å²) in [5.41, 5.74) is 2.46. The summed E-state index contributed by atoms with van der Waals surface area (Å²) < 4.78 is 26.5. The van der Waals surface area contributed by atoms with Crippen LogP contribution in [-0.2, 0) is 16.4 Å². The molecule has 8 heteroatoms. The number of aryl methyl sites for hydroxylation is 1. The van der Waals surface area contributed by atoms with E-state index in [0.29, 0.717) is 24.0 Å². The fraction of sp³-hybridized carbons (Fsp3) is 0.353. The number of hydrogen-bond donors (Lipinski definition) is 0. The number of hydrogen-bond acceptors (Lipinski definition) is 5. The zero-order valence-corrected chi connectivity index (χ0v) is 14.6. The summed E-state index contributed by atoms with van der Waals surface area (Å²) in [6.45, 7) is 2.45. The van der Waals surface area contributed by atoms with Crippen LogP contribution in [0.2, 0.25) is 0 Å². The first-order valence-corrected chi connectivity index (χ1v) is 9.94. The smallest absolute Gasteiger partial charge is 0.264 e. The van der Waals surface area contributed by atoms with Gasteiger partial charge in [-0.1, -0.05) is 29.8 Å². The van der Waals surface area contributed by atoms with Crippen molar-refractivity contribution < 1.29 is 8.42 Å². The second-order valence-electron chi connectivity index (χ2n) is 6.55. The first kappa shape index (κ1) is 16.0. The summed E-state index contributed by atoms with van der Waals surface area (Å²) in [5, 5.41) is 4.66. The minimum Gasteiger partial charge on any atom is -0.294 e. The van der Waals surface area contributed by atoms with Gasteiger partial charge in [-0.25, -0.2) is 18.1 Å². The number of fused-ring (bicyclic) bond motifs is 1. The van der Waals surface area contributed by atoms with Crippen LogP contribution in [0.15, 0.2) is 41.6 Å². The van der Waals surface area contributed by atoms with E-state index in [1.807, 2.05) is 31.2 Å². The Morgan fingerprint density at radius 3 is 2.68 bits per heavy atom. The van der Waals surface area contributed by atoms with Crippen LogP contribution in [0.4, 0.5) is 0 Å². The monoisotopic (exact) mass is 358 g/mol. The normalized spacial score (nSPS) is 19.5. The molecule has 1 saturated heterocycles. The third-order valence-electron chi connectivity index (χ3n) is 4.61. The lowest BCUT2D eigenvalue weighted by Crippen LogP contribution is -2.21. The summed E-state index contributed by atoms with van der Waals surface area (Å²) >= 11 is 0. The standard InChI is InChI=1S/C17H18N4O3S/c1-12-2-4-13(5-3-12)9-20-11-18-16-15(17(20)22)8-19-21(16)14-6-7-25(23,24)10-14/h2-5,8,11,14H,6-7,9-10H2,1H3. The molecular weight excluding hydrogens is 340 g/mol. The van der Waals surface area contributed by atoms with E-state index in [9.17, 15) is 13.2 Å². The highest BCUT2D eigenvalue weighted by Gasteiger charge is 2.31. The van der Waals surface area contributed by atoms with E-state index < -0.39 is 9.84 Å². The van der Waals surface area contributed by atoms with Crippen molar-refractivity contribution in [1.82, 2.24) is 19.3 Å². The molecule has 7 nitrogen and oxygen atoms in total. The molecule has 0 saturated carbocycles. The molecule has 0 aliphatic carbocycles. The molecule has 1 unspecified atom stereocenters. The fourth-order valence-corrected chi connectivity index (χ4v) is 4.90. The Balaban J connectivity index is 1.70. The molecule has 1 aromatic carbocycles. The quantitative estimate of drug-likeness (QED) is 0.704. The van der Waals surface area contributed by atoms with Crippen LogP contribution in [0.1, 0.15) is 23.6 Å². The second kappa shape index (κ2) is 5.80. The molecule has 25 heavy (non-hydrogen) atoms. The molecule has 0 bridgehead atoms. The minimum atomic E-state index is -3.02. The maximum absolute atomic E-state index is 12.7. The van der Waals surface area contributed by atoms with Crippen LogP contribution in [0.3, 0.4) is 0 Å². The van der Waals surface area contributed by atoms with E-state index in [2.05, 4.69) is 10.1 Å². The number of nitrogens with zero attached hydrogens (tertiary/aromatic N) is 4. The third-order valence-corrected chi connectivity index (χ3v) is 6.36. The van der Waals surface area contributed by atoms with Gasteiger partial charge in [-0.3, -0.25) is 9.36 Å². The van der Waals surface area contributed by atoms with Gasteiger partial charge in [0.1, 0.15) is 11.7 Å². The molecule has 1 fully saturated rings. The zero-order chi connectivity index (χ0) is 17.6. The van der Waals surface area contributed by atoms with Crippen molar-refractivity contribution in [3.05, 3.63) is 58.3 Å². The van der Waals surface area contributed by atoms with Crippen LogP contribution in [0.25, 0.3) is 11.0 Å². The first-order chi connectivity index (χ1) is 11.9. The molecule has 3 heterocycles. The average Bonchev–Trinajstić information content (AvgIpc) is 3.15. The summed E-state index contributed by atoms with van der Waals surface area (Å²) in [6.07, 6.45) is 3.50. The van der Waals surface area contributed by atoms with Gasteiger partial charge in [0.2, 0.25) is 0 Å². The highest BCUT2D eigenvalue weighted by Crippen LogP contribution is 2.25. The Hall–Kier alpha value is -2.48. The Morgan fingerprint density at radius 1 is 1.24 bits per heavy atom. The van der Waals surface area contributed by atoms with E-state index >= 15 is 0 Å². The minimum absolute atomic E-state index is 0.0535. The van der Waals surface area contributed by atoms with Crippen LogP contribution in [0, 0.1) is 6.92 Å². The van der Waals surface area contributed by atoms with E-state index in [1.165, 1.54) is 12.5 Å². The largest absolute Gasteiger partial charge is 0.294 e. The highest BCUT2D eigenvalue weighted by atomic mass is 32.2. The van der Waals surface area contributed by atoms with Crippen LogP contribution < -0.4 is 5.56 Å². The van der Waals surface area contributed by atoms with Crippen LogP contribution in [0.5, 0.6) is 0 Å². The number of rotatable bonds is 3. The van der Waals surface area contributed by atoms with Gasteiger partial charge in [-0.15, -0.1) is 0 Å². The predicted molar refractivity (Wildman–Crippen MR) is 94.4 cm³/mol. The van der Waals surface area contributed by atoms with Gasteiger partial charge < -0.3 is 0 Å². The third kappa shape index (κ3) is 2.97. The molecule has 0 spiro atoms. The van der Waals surface area contributed by atoms with Gasteiger partial charge in [0.25, 0.3) is 5.56 Å². The van der Waals surface area contributed by atoms with E-state index in [-0.39, 0.29) is 23.1 Å². The number of aromatic nitrogens is 4. The van der Waals surface area contributed by atoms with Gasteiger partial charge in [0, 0.05) is 0 Å². The Morgan fingerprint density at radius 2 is 2.00 bits per heavy atom. The van der Waals surface area contributed by atoms with Gasteiger partial charge in [-0.05, 0) is 18.9 Å². The molecule has 4 rings (SSSR count). The van der Waals surface area contributed by atoms with Gasteiger partial charge >= 0.3 is 0 Å². The lowest BCUT2D eigenvalue weighted by Gasteiger charge is -2.10. The molecule has 0 N–H and O–H groups in total. The van der Waals surface area contributed by atoms with Gasteiger partial charge in [0.05, 0.1) is 30.3 Å². The molecule has 1 aliphatic heterocycles. The molecule has 130 valence electrons. The van der Waals surface area contributed by atoms with Crippen molar-refractivity contribution in [2.24, 2.45) is 0 Å². The van der Waals surface area contributed by atoms with Gasteiger partial charge in [-0.2, -0.15) is 5.10 Å². The van der Waals surface area contributed by atoms with Crippen molar-refractivity contribution >= 4 is 20.9 Å². The molecule has 1 atom stereocenters. The lowest BCUT2D eigenvalue weighted by atomic mass is 10.1. The van der Waals surface area contributed by atoms with Crippen molar-refractivity contribution in [1.29, 1.82) is 0 Å². The lowest BCUT2D eigenvalue weighted by molar-refractivity contribution is 0.511. The van der Waals surface area contributed by atoms with Crippen molar-refractivity contribution in [2.75, 3.05) is 11.5 Å². The first-order valence-electron chi connectivity index (χ1n) is 8.11. The maximum atomic E-state index is 12.7. The maximum Gasteiger partial charge on any atom is 0.264 e. The highest BCUT2D eigenvalue weighted by molar-refractivity contribution is 7.91. The molecule has 0 amide bonds. The summed E-state index contributed by atoms with van der Waals surface area (Å²) in [6, 6.07) is 7.73. The van der Waals surface area contributed by atoms with Crippen molar-refractivity contribution in [3.63, 3.8) is 0 Å². The summed E-state index contributed by atoms with van der Waals surface area (Å²) in [7, 11) is -3.02. The van der Waals surface area contributed by atoms with Crippen molar-refractivity contribution in [2.45, 2.75) is 25.9 Å². The molecule has 1 aliphatic rings.